The van der Waals surface area contributed by atoms with Gasteiger partial charge in [-0.1, -0.05) is 12.1 Å². The van der Waals surface area contributed by atoms with Gasteiger partial charge in [0.25, 0.3) is 0 Å². The first-order valence-corrected chi connectivity index (χ1v) is 8.78. The first-order valence-electron chi connectivity index (χ1n) is 8.78. The Bertz CT molecular complexity index is 617. The third-order valence-electron chi connectivity index (χ3n) is 6.23. The van der Waals surface area contributed by atoms with Crippen LogP contribution in [0.15, 0.2) is 24.3 Å². The predicted molar refractivity (Wildman–Crippen MR) is 83.9 cm³/mol. The molecule has 4 fully saturated rings. The molecule has 1 amide bonds. The lowest BCUT2D eigenvalue weighted by molar-refractivity contribution is -0.146. The molecule has 0 unspecified atom stereocenters. The van der Waals surface area contributed by atoms with E-state index in [4.69, 9.17) is 0 Å². The summed E-state index contributed by atoms with van der Waals surface area (Å²) in [5, 5.41) is 2.93. The first-order chi connectivity index (χ1) is 11.3. The molecule has 0 saturated heterocycles. The normalized spacial score (nSPS) is 34.4. The number of benzene rings is 1. The van der Waals surface area contributed by atoms with Crippen LogP contribution in [0.5, 0.6) is 0 Å². The van der Waals surface area contributed by atoms with Gasteiger partial charge in [-0.25, -0.2) is 0 Å². The lowest BCUT2D eigenvalue weighted by Gasteiger charge is -2.55. The summed E-state index contributed by atoms with van der Waals surface area (Å²) in [6, 6.07) is 5.22. The second kappa shape index (κ2) is 5.50. The largest absolute Gasteiger partial charge is 0.416 e. The van der Waals surface area contributed by atoms with E-state index in [1.165, 1.54) is 25.3 Å². The molecule has 0 aliphatic heterocycles. The van der Waals surface area contributed by atoms with Gasteiger partial charge in [0.15, 0.2) is 0 Å². The number of halogens is 3. The highest BCUT2D eigenvalue weighted by Gasteiger charge is 2.54. The molecular formula is C19H22F3NO. The summed E-state index contributed by atoms with van der Waals surface area (Å²) in [6.45, 7) is 0.171. The van der Waals surface area contributed by atoms with Gasteiger partial charge in [-0.05, 0) is 74.0 Å². The Kier molecular flexibility index (Phi) is 3.66. The van der Waals surface area contributed by atoms with Gasteiger partial charge >= 0.3 is 6.18 Å². The van der Waals surface area contributed by atoms with Crippen LogP contribution in [0.3, 0.4) is 0 Å². The molecule has 130 valence electrons. The number of carbonyl (C=O) groups excluding carboxylic acids is 1. The van der Waals surface area contributed by atoms with Crippen molar-refractivity contribution < 1.29 is 18.0 Å². The van der Waals surface area contributed by atoms with Gasteiger partial charge in [-0.3, -0.25) is 4.79 Å². The van der Waals surface area contributed by atoms with Gasteiger partial charge in [0.2, 0.25) is 5.91 Å². The summed E-state index contributed by atoms with van der Waals surface area (Å²) in [7, 11) is 0. The third-order valence-corrected chi connectivity index (χ3v) is 6.23. The average molecular weight is 337 g/mol. The quantitative estimate of drug-likeness (QED) is 0.862. The predicted octanol–water partition coefficient (Wildman–Crippen LogP) is 4.54. The highest BCUT2D eigenvalue weighted by molar-refractivity contribution is 5.83. The van der Waals surface area contributed by atoms with Crippen molar-refractivity contribution in [3.63, 3.8) is 0 Å². The average Bonchev–Trinajstić information content (AvgIpc) is 2.51. The Morgan fingerprint density at radius 2 is 1.67 bits per heavy atom. The van der Waals surface area contributed by atoms with Crippen LogP contribution in [0.1, 0.15) is 49.7 Å². The van der Waals surface area contributed by atoms with E-state index in [9.17, 15) is 18.0 Å². The van der Waals surface area contributed by atoms with Crippen LogP contribution in [-0.4, -0.2) is 5.91 Å². The van der Waals surface area contributed by atoms with Crippen molar-refractivity contribution >= 4 is 5.91 Å². The summed E-state index contributed by atoms with van der Waals surface area (Å²) in [5.41, 5.74) is -0.414. The highest BCUT2D eigenvalue weighted by Crippen LogP contribution is 2.60. The number of nitrogens with one attached hydrogen (secondary N) is 1. The van der Waals surface area contributed by atoms with Gasteiger partial charge < -0.3 is 5.32 Å². The minimum atomic E-state index is -4.35. The summed E-state index contributed by atoms with van der Waals surface area (Å²) in [4.78, 5) is 12.8. The number of alkyl halides is 3. The van der Waals surface area contributed by atoms with Crippen molar-refractivity contribution in [1.82, 2.24) is 5.32 Å². The molecule has 4 saturated carbocycles. The molecule has 1 aromatic rings. The molecule has 5 rings (SSSR count). The Labute approximate surface area is 139 Å². The molecule has 0 heterocycles. The number of rotatable bonds is 3. The van der Waals surface area contributed by atoms with Gasteiger partial charge in [0.1, 0.15) is 0 Å². The van der Waals surface area contributed by atoms with E-state index in [2.05, 4.69) is 5.32 Å². The number of carbonyl (C=O) groups is 1. The lowest BCUT2D eigenvalue weighted by atomic mass is 9.49. The molecule has 4 aliphatic rings. The second-order valence-corrected chi connectivity index (χ2v) is 8.08. The first kappa shape index (κ1) is 16.0. The van der Waals surface area contributed by atoms with Crippen molar-refractivity contribution in [2.45, 2.75) is 51.2 Å². The van der Waals surface area contributed by atoms with Crippen LogP contribution in [0.25, 0.3) is 0 Å². The fourth-order valence-corrected chi connectivity index (χ4v) is 5.62. The smallest absolute Gasteiger partial charge is 0.352 e. The molecule has 0 radical (unpaired) electrons. The molecule has 5 heteroatoms. The maximum absolute atomic E-state index is 12.8. The van der Waals surface area contributed by atoms with E-state index < -0.39 is 11.7 Å². The highest BCUT2D eigenvalue weighted by atomic mass is 19.4. The van der Waals surface area contributed by atoms with E-state index in [1.54, 1.807) is 6.07 Å². The van der Waals surface area contributed by atoms with E-state index in [0.29, 0.717) is 23.3 Å². The molecule has 0 atom stereocenters. The molecular weight excluding hydrogens is 315 g/mol. The molecule has 2 nitrogen and oxygen atoms in total. The van der Waals surface area contributed by atoms with Crippen LogP contribution in [0.2, 0.25) is 0 Å². The Balaban J connectivity index is 1.44. The Hall–Kier alpha value is -1.52. The van der Waals surface area contributed by atoms with Crippen LogP contribution in [-0.2, 0) is 17.5 Å². The van der Waals surface area contributed by atoms with Gasteiger partial charge in [-0.15, -0.1) is 0 Å². The molecule has 4 aliphatic carbocycles. The van der Waals surface area contributed by atoms with Crippen LogP contribution in [0.4, 0.5) is 13.2 Å². The summed E-state index contributed by atoms with van der Waals surface area (Å²) in [5.74, 6) is 2.08. The van der Waals surface area contributed by atoms with Crippen molar-refractivity contribution in [2.24, 2.45) is 23.2 Å². The number of hydrogen-bond donors (Lipinski definition) is 1. The van der Waals surface area contributed by atoms with Crippen LogP contribution in [0, 0.1) is 23.2 Å². The van der Waals surface area contributed by atoms with E-state index in [1.807, 2.05) is 0 Å². The fraction of sp³-hybridized carbons (Fsp3) is 0.632. The zero-order valence-corrected chi connectivity index (χ0v) is 13.5. The topological polar surface area (TPSA) is 29.1 Å². The summed E-state index contributed by atoms with van der Waals surface area (Å²) < 4.78 is 38.4. The Morgan fingerprint density at radius 3 is 2.21 bits per heavy atom. The summed E-state index contributed by atoms with van der Waals surface area (Å²) >= 11 is 0. The molecule has 24 heavy (non-hydrogen) atoms. The van der Waals surface area contributed by atoms with E-state index >= 15 is 0 Å². The van der Waals surface area contributed by atoms with Crippen molar-refractivity contribution in [3.8, 4) is 0 Å². The van der Waals surface area contributed by atoms with Crippen molar-refractivity contribution in [3.05, 3.63) is 35.4 Å². The van der Waals surface area contributed by atoms with E-state index in [0.717, 1.165) is 31.4 Å². The van der Waals surface area contributed by atoms with Gasteiger partial charge in [-0.2, -0.15) is 13.2 Å². The standard InChI is InChI=1S/C19H22F3NO/c20-19(21,22)16-3-1-2-12(7-16)11-23-17(24)18-8-13-4-14(9-18)6-15(5-13)10-18/h1-3,7,13-15H,4-6,8-11H2,(H,23,24). The Morgan fingerprint density at radius 1 is 1.08 bits per heavy atom. The minimum absolute atomic E-state index is 0.0546. The lowest BCUT2D eigenvalue weighted by Crippen LogP contribution is -2.53. The third kappa shape index (κ3) is 2.82. The molecule has 1 N–H and O–H groups in total. The minimum Gasteiger partial charge on any atom is -0.352 e. The fourth-order valence-electron chi connectivity index (χ4n) is 5.62. The zero-order chi connectivity index (χ0) is 16.9. The van der Waals surface area contributed by atoms with Gasteiger partial charge in [0, 0.05) is 12.0 Å². The molecule has 0 spiro atoms. The number of amides is 1. The molecule has 4 bridgehead atoms. The van der Waals surface area contributed by atoms with Crippen molar-refractivity contribution in [1.29, 1.82) is 0 Å². The monoisotopic (exact) mass is 337 g/mol. The number of hydrogen-bond acceptors (Lipinski definition) is 1. The zero-order valence-electron chi connectivity index (χ0n) is 13.5. The van der Waals surface area contributed by atoms with Crippen molar-refractivity contribution in [2.75, 3.05) is 0 Å². The second-order valence-electron chi connectivity index (χ2n) is 8.08. The van der Waals surface area contributed by atoms with Crippen LogP contribution >= 0.6 is 0 Å². The summed E-state index contributed by atoms with van der Waals surface area (Å²) in [6.07, 6.45) is 2.34. The molecule has 1 aromatic carbocycles. The van der Waals surface area contributed by atoms with Crippen LogP contribution < -0.4 is 5.32 Å². The SMILES string of the molecule is O=C(NCc1cccc(C(F)(F)F)c1)C12CC3CC(CC(C3)C1)C2. The molecule has 0 aromatic heterocycles. The van der Waals surface area contributed by atoms with E-state index in [-0.39, 0.29) is 17.9 Å². The maximum Gasteiger partial charge on any atom is 0.416 e. The maximum atomic E-state index is 12.8. The van der Waals surface area contributed by atoms with Gasteiger partial charge in [0.05, 0.1) is 5.56 Å².